The number of pyridine rings is 1. The summed E-state index contributed by atoms with van der Waals surface area (Å²) in [5, 5.41) is 23.8. The molecule has 1 aromatic carbocycles. The lowest BCUT2D eigenvalue weighted by Gasteiger charge is -2.59. The summed E-state index contributed by atoms with van der Waals surface area (Å²) < 4.78 is 7.45. The van der Waals surface area contributed by atoms with Crippen LogP contribution < -0.4 is 0 Å². The number of fused-ring (bicyclic) bond motifs is 3. The summed E-state index contributed by atoms with van der Waals surface area (Å²) in [4.78, 5) is 6.61. The second kappa shape index (κ2) is 6.68. The lowest BCUT2D eigenvalue weighted by atomic mass is 9.57. The lowest BCUT2D eigenvalue weighted by molar-refractivity contribution is -0.248. The fourth-order valence-electron chi connectivity index (χ4n) is 9.87. The van der Waals surface area contributed by atoms with E-state index in [0.29, 0.717) is 11.8 Å². The SMILES string of the molecule is CN(C)[C@H]1C[C@@]23CC[C@@]4(O2)C(=CC[C@]2(C)C(c5ccc6ncccc6c5)=CCC24)C2CC23[C@@H](O)[C@@H]1O. The summed E-state index contributed by atoms with van der Waals surface area (Å²) in [6.07, 6.45) is 11.2. The molecule has 1 aromatic heterocycles. The van der Waals surface area contributed by atoms with Gasteiger partial charge in [0.15, 0.2) is 0 Å². The maximum atomic E-state index is 11.5. The van der Waals surface area contributed by atoms with Gasteiger partial charge in [-0.05, 0) is 93.4 Å². The molecule has 2 saturated carbocycles. The van der Waals surface area contributed by atoms with Crippen molar-refractivity contribution in [3.63, 3.8) is 0 Å². The van der Waals surface area contributed by atoms with Gasteiger partial charge in [0, 0.05) is 34.4 Å². The first-order valence-corrected chi connectivity index (χ1v) is 13.7. The van der Waals surface area contributed by atoms with Crippen molar-refractivity contribution in [3.8, 4) is 0 Å². The fraction of sp³-hybridized carbons (Fsp3) is 0.581. The van der Waals surface area contributed by atoms with Gasteiger partial charge in [-0.25, -0.2) is 0 Å². The lowest BCUT2D eigenvalue weighted by Crippen LogP contribution is -2.67. The zero-order chi connectivity index (χ0) is 24.7. The highest BCUT2D eigenvalue weighted by Crippen LogP contribution is 2.81. The molecule has 36 heavy (non-hydrogen) atoms. The minimum absolute atomic E-state index is 0.0214. The molecule has 3 unspecified atom stereocenters. The summed E-state index contributed by atoms with van der Waals surface area (Å²) in [5.74, 6) is 0.756. The Bertz CT molecular complexity index is 1370. The van der Waals surface area contributed by atoms with Gasteiger partial charge in [-0.15, -0.1) is 0 Å². The molecule has 4 aliphatic carbocycles. The van der Waals surface area contributed by atoms with Crippen molar-refractivity contribution < 1.29 is 14.9 Å². The second-order valence-electron chi connectivity index (χ2n) is 13.1. The van der Waals surface area contributed by atoms with Gasteiger partial charge < -0.3 is 19.8 Å². The molecule has 2 bridgehead atoms. The maximum Gasteiger partial charge on any atom is 0.0961 e. The Labute approximate surface area is 212 Å². The molecule has 2 aromatic rings. The minimum Gasteiger partial charge on any atom is -0.390 e. The Kier molecular flexibility index (Phi) is 4.08. The Balaban J connectivity index is 1.21. The molecule has 5 nitrogen and oxygen atoms in total. The molecule has 0 amide bonds. The Hall–Kier alpha value is -2.05. The maximum absolute atomic E-state index is 11.5. The number of hydrogen-bond donors (Lipinski definition) is 2. The van der Waals surface area contributed by atoms with Gasteiger partial charge in [0.05, 0.1) is 28.9 Å². The second-order valence-corrected chi connectivity index (χ2v) is 13.1. The van der Waals surface area contributed by atoms with Crippen LogP contribution in [0.5, 0.6) is 0 Å². The smallest absolute Gasteiger partial charge is 0.0961 e. The van der Waals surface area contributed by atoms with Gasteiger partial charge in [0.25, 0.3) is 0 Å². The first-order chi connectivity index (χ1) is 17.3. The van der Waals surface area contributed by atoms with Crippen molar-refractivity contribution in [1.82, 2.24) is 9.88 Å². The molecule has 2 saturated heterocycles. The number of benzene rings is 1. The number of aliphatic hydroxyl groups is 2. The zero-order valence-corrected chi connectivity index (χ0v) is 21.4. The van der Waals surface area contributed by atoms with Gasteiger partial charge >= 0.3 is 0 Å². The number of ether oxygens (including phenoxy) is 1. The van der Waals surface area contributed by atoms with Crippen molar-refractivity contribution in [3.05, 3.63) is 59.8 Å². The Morgan fingerprint density at radius 2 is 1.94 bits per heavy atom. The van der Waals surface area contributed by atoms with E-state index in [0.717, 1.165) is 44.0 Å². The van der Waals surface area contributed by atoms with E-state index in [2.05, 4.69) is 53.2 Å². The molecule has 6 aliphatic rings. The first kappa shape index (κ1) is 22.0. The molecule has 5 heteroatoms. The number of hydrogen-bond acceptors (Lipinski definition) is 5. The zero-order valence-electron chi connectivity index (χ0n) is 21.4. The van der Waals surface area contributed by atoms with E-state index in [1.807, 2.05) is 26.4 Å². The average Bonchev–Trinajstić information content (AvgIpc) is 3.40. The van der Waals surface area contributed by atoms with Gasteiger partial charge in [-0.1, -0.05) is 31.2 Å². The number of aromatic nitrogens is 1. The standard InChI is InChI=1S/C31H36N2O3/c1-28-11-10-21-22-16-30(22)27(35)26(34)24(33(2)3)17-29(30)12-13-31(21,36-29)25(28)9-7-20(28)18-6-8-23-19(15-18)5-4-14-32-23/h4-8,10,14-15,22,24-27,34-35H,9,11-13,16-17H2,1-3H3/t22?,24-,25?,26+,27-,28+,29+,30?,31+/m0/s1. The highest BCUT2D eigenvalue weighted by atomic mass is 16.5. The third-order valence-electron chi connectivity index (χ3n) is 11.6. The van der Waals surface area contributed by atoms with Crippen LogP contribution in [0.15, 0.2) is 54.3 Å². The van der Waals surface area contributed by atoms with Crippen LogP contribution in [0.2, 0.25) is 0 Å². The minimum atomic E-state index is -0.725. The number of rotatable bonds is 2. The highest BCUT2D eigenvalue weighted by Gasteiger charge is 2.84. The summed E-state index contributed by atoms with van der Waals surface area (Å²) in [6.45, 7) is 2.46. The van der Waals surface area contributed by atoms with Gasteiger partial charge in [-0.3, -0.25) is 4.98 Å². The molecule has 3 spiro atoms. The van der Waals surface area contributed by atoms with Crippen molar-refractivity contribution in [1.29, 1.82) is 0 Å². The number of nitrogens with zero attached hydrogens (tertiary/aromatic N) is 2. The van der Waals surface area contributed by atoms with Gasteiger partial charge in [-0.2, -0.15) is 0 Å². The molecule has 3 heterocycles. The van der Waals surface area contributed by atoms with Crippen LogP contribution in [0.3, 0.4) is 0 Å². The Morgan fingerprint density at radius 3 is 2.78 bits per heavy atom. The van der Waals surface area contributed by atoms with Crippen LogP contribution in [-0.2, 0) is 4.74 Å². The monoisotopic (exact) mass is 484 g/mol. The predicted octanol–water partition coefficient (Wildman–Crippen LogP) is 4.34. The van der Waals surface area contributed by atoms with E-state index < -0.39 is 12.2 Å². The Morgan fingerprint density at radius 1 is 1.08 bits per heavy atom. The van der Waals surface area contributed by atoms with E-state index in [1.54, 1.807) is 0 Å². The van der Waals surface area contributed by atoms with Crippen LogP contribution in [0.4, 0.5) is 0 Å². The number of aliphatic hydroxyl groups excluding tert-OH is 2. The van der Waals surface area contributed by atoms with Crippen LogP contribution >= 0.6 is 0 Å². The van der Waals surface area contributed by atoms with Gasteiger partial charge in [0.1, 0.15) is 0 Å². The van der Waals surface area contributed by atoms with Crippen LogP contribution in [0, 0.1) is 22.7 Å². The molecule has 2 N–H and O–H groups in total. The largest absolute Gasteiger partial charge is 0.390 e. The van der Waals surface area contributed by atoms with Crippen molar-refractivity contribution in [2.24, 2.45) is 22.7 Å². The topological polar surface area (TPSA) is 65.8 Å². The number of likely N-dealkylation sites (N-methyl/N-ethyl adjacent to an activating group) is 1. The van der Waals surface area contributed by atoms with Crippen molar-refractivity contribution in [2.75, 3.05) is 14.1 Å². The highest BCUT2D eigenvalue weighted by molar-refractivity contribution is 5.85. The van der Waals surface area contributed by atoms with E-state index >= 15 is 0 Å². The van der Waals surface area contributed by atoms with Crippen molar-refractivity contribution in [2.45, 2.75) is 74.9 Å². The van der Waals surface area contributed by atoms with E-state index in [-0.39, 0.29) is 28.1 Å². The van der Waals surface area contributed by atoms with E-state index in [9.17, 15) is 10.2 Å². The summed E-state index contributed by atoms with van der Waals surface area (Å²) >= 11 is 0. The van der Waals surface area contributed by atoms with Crippen molar-refractivity contribution >= 4 is 16.5 Å². The summed E-state index contributed by atoms with van der Waals surface area (Å²) in [6, 6.07) is 10.8. The molecule has 8 rings (SSSR count). The van der Waals surface area contributed by atoms with Crippen LogP contribution in [-0.4, -0.2) is 63.6 Å². The third-order valence-corrected chi connectivity index (χ3v) is 11.6. The van der Waals surface area contributed by atoms with Gasteiger partial charge in [0.2, 0.25) is 0 Å². The molecule has 188 valence electrons. The molecule has 2 aliphatic heterocycles. The predicted molar refractivity (Wildman–Crippen MR) is 139 cm³/mol. The van der Waals surface area contributed by atoms with E-state index in [1.165, 1.54) is 22.1 Å². The molecule has 0 radical (unpaired) electrons. The molecule has 4 fully saturated rings. The summed E-state index contributed by atoms with van der Waals surface area (Å²) in [5.41, 5.74) is 4.38. The number of allylic oxidation sites excluding steroid dienone is 3. The normalized spacial score (nSPS) is 48.1. The van der Waals surface area contributed by atoms with Crippen LogP contribution in [0.25, 0.3) is 16.5 Å². The molecular weight excluding hydrogens is 448 g/mol. The quantitative estimate of drug-likeness (QED) is 0.621. The first-order valence-electron chi connectivity index (χ1n) is 13.7. The fourth-order valence-corrected chi connectivity index (χ4v) is 9.87. The average molecular weight is 485 g/mol. The molecule has 9 atom stereocenters. The third kappa shape index (κ3) is 2.32. The van der Waals surface area contributed by atoms with Crippen LogP contribution in [0.1, 0.15) is 51.0 Å². The molecular formula is C31H36N2O3. The van der Waals surface area contributed by atoms with E-state index in [4.69, 9.17) is 4.74 Å². The summed E-state index contributed by atoms with van der Waals surface area (Å²) in [7, 11) is 4.03.